The topological polar surface area (TPSA) is 0 Å². The lowest BCUT2D eigenvalue weighted by atomic mass is 10.3. The Morgan fingerprint density at radius 3 is 2.43 bits per heavy atom. The van der Waals surface area contributed by atoms with E-state index in [1.807, 2.05) is 0 Å². The lowest BCUT2D eigenvalue weighted by molar-refractivity contribution is 0.974. The van der Waals surface area contributed by atoms with Crippen LogP contribution in [0.3, 0.4) is 0 Å². The van der Waals surface area contributed by atoms with Gasteiger partial charge in [0, 0.05) is 5.03 Å². The molecule has 0 fully saturated rings. The Bertz CT molecular complexity index is 61.1. The molecular weight excluding hydrogens is 222 g/mol. The Morgan fingerprint density at radius 2 is 2.29 bits per heavy atom. The number of halogens is 2. The van der Waals surface area contributed by atoms with Crippen molar-refractivity contribution in [1.82, 2.24) is 0 Å². The van der Waals surface area contributed by atoms with Gasteiger partial charge >= 0.3 is 0 Å². The minimum atomic E-state index is 0.775. The maximum Gasteiger partial charge on any atom is 0.0109 e. The van der Waals surface area contributed by atoms with E-state index < -0.39 is 0 Å². The van der Waals surface area contributed by atoms with E-state index in [1.165, 1.54) is 4.43 Å². The normalized spacial score (nSPS) is 8.86. The van der Waals surface area contributed by atoms with Gasteiger partial charge in [0.25, 0.3) is 0 Å². The van der Waals surface area contributed by atoms with E-state index in [0.717, 1.165) is 17.9 Å². The van der Waals surface area contributed by atoms with Crippen LogP contribution in [0.1, 0.15) is 12.8 Å². The molecule has 0 bridgehead atoms. The largest absolute Gasteiger partial charge is 0.0898 e. The van der Waals surface area contributed by atoms with Gasteiger partial charge in [-0.25, -0.2) is 0 Å². The van der Waals surface area contributed by atoms with Crippen molar-refractivity contribution in [1.29, 1.82) is 0 Å². The summed E-state index contributed by atoms with van der Waals surface area (Å²) in [6, 6.07) is 0. The predicted octanol–water partition coefficient (Wildman–Crippen LogP) is 2.95. The molecular formula is C5H8ClI. The first-order valence-electron chi connectivity index (χ1n) is 2.16. The van der Waals surface area contributed by atoms with Crippen molar-refractivity contribution in [2.75, 3.05) is 4.43 Å². The van der Waals surface area contributed by atoms with Crippen LogP contribution in [0, 0.1) is 0 Å². The van der Waals surface area contributed by atoms with E-state index in [-0.39, 0.29) is 0 Å². The smallest absolute Gasteiger partial charge is 0.0109 e. The van der Waals surface area contributed by atoms with Crippen molar-refractivity contribution in [2.45, 2.75) is 12.8 Å². The molecule has 0 aromatic heterocycles. The van der Waals surface area contributed by atoms with Crippen molar-refractivity contribution < 1.29 is 0 Å². The first kappa shape index (κ1) is 7.76. The molecule has 0 aliphatic heterocycles. The van der Waals surface area contributed by atoms with Crippen LogP contribution in [0.2, 0.25) is 0 Å². The van der Waals surface area contributed by atoms with Gasteiger partial charge in [-0.15, -0.1) is 0 Å². The number of hydrogen-bond acceptors (Lipinski definition) is 0. The molecule has 0 heterocycles. The highest BCUT2D eigenvalue weighted by Gasteiger charge is 1.84. The van der Waals surface area contributed by atoms with Crippen LogP contribution in [0.25, 0.3) is 0 Å². The van der Waals surface area contributed by atoms with Crippen molar-refractivity contribution in [3.8, 4) is 0 Å². The minimum Gasteiger partial charge on any atom is -0.0898 e. The van der Waals surface area contributed by atoms with Crippen LogP contribution in [-0.4, -0.2) is 4.43 Å². The lowest BCUT2D eigenvalue weighted by Gasteiger charge is -1.88. The van der Waals surface area contributed by atoms with E-state index >= 15 is 0 Å². The second-order valence-electron chi connectivity index (χ2n) is 1.31. The molecule has 0 unspecified atom stereocenters. The molecule has 42 valence electrons. The van der Waals surface area contributed by atoms with Crippen LogP contribution in [0.5, 0.6) is 0 Å². The van der Waals surface area contributed by atoms with Crippen molar-refractivity contribution in [2.24, 2.45) is 0 Å². The summed E-state index contributed by atoms with van der Waals surface area (Å²) in [5.41, 5.74) is 0. The molecule has 2 heteroatoms. The van der Waals surface area contributed by atoms with Gasteiger partial charge in [0.05, 0.1) is 0 Å². The maximum absolute atomic E-state index is 5.46. The second kappa shape index (κ2) is 4.91. The number of hydrogen-bond donors (Lipinski definition) is 0. The third-order valence-electron chi connectivity index (χ3n) is 0.582. The zero-order valence-electron chi connectivity index (χ0n) is 4.08. The molecule has 0 saturated heterocycles. The van der Waals surface area contributed by atoms with Crippen LogP contribution in [-0.2, 0) is 0 Å². The fraction of sp³-hybridized carbons (Fsp3) is 0.600. The summed E-state index contributed by atoms with van der Waals surface area (Å²) in [4.78, 5) is 0. The third kappa shape index (κ3) is 6.76. The Morgan fingerprint density at radius 1 is 1.71 bits per heavy atom. The van der Waals surface area contributed by atoms with Crippen LogP contribution < -0.4 is 0 Å². The molecule has 0 spiro atoms. The highest BCUT2D eigenvalue weighted by molar-refractivity contribution is 14.1. The molecule has 0 N–H and O–H groups in total. The quantitative estimate of drug-likeness (QED) is 0.516. The molecule has 0 aliphatic carbocycles. The average molecular weight is 230 g/mol. The van der Waals surface area contributed by atoms with Gasteiger partial charge in [-0.05, 0) is 17.3 Å². The maximum atomic E-state index is 5.46. The first-order chi connectivity index (χ1) is 3.27. The van der Waals surface area contributed by atoms with Gasteiger partial charge in [-0.1, -0.05) is 40.8 Å². The molecule has 0 radical (unpaired) electrons. The van der Waals surface area contributed by atoms with Gasteiger partial charge in [0.1, 0.15) is 0 Å². The van der Waals surface area contributed by atoms with E-state index in [0.29, 0.717) is 0 Å². The van der Waals surface area contributed by atoms with E-state index in [1.54, 1.807) is 0 Å². The summed E-state index contributed by atoms with van der Waals surface area (Å²) in [5, 5.41) is 0.775. The van der Waals surface area contributed by atoms with Crippen LogP contribution >= 0.6 is 34.2 Å². The molecule has 0 nitrogen and oxygen atoms in total. The Hall–Kier alpha value is 0.760. The molecule has 0 aromatic rings. The summed E-state index contributed by atoms with van der Waals surface area (Å²) in [7, 11) is 0. The molecule has 0 rings (SSSR count). The summed E-state index contributed by atoms with van der Waals surface area (Å²) in [6.07, 6.45) is 2.12. The van der Waals surface area contributed by atoms with Gasteiger partial charge < -0.3 is 0 Å². The van der Waals surface area contributed by atoms with Gasteiger partial charge in [-0.3, -0.25) is 0 Å². The first-order valence-corrected chi connectivity index (χ1v) is 4.07. The Kier molecular flexibility index (Phi) is 5.44. The number of rotatable bonds is 3. The fourth-order valence-corrected chi connectivity index (χ4v) is 0.774. The molecule has 0 aromatic carbocycles. The highest BCUT2D eigenvalue weighted by Crippen LogP contribution is 2.07. The third-order valence-corrected chi connectivity index (χ3v) is 1.53. The predicted molar refractivity (Wildman–Crippen MR) is 43.1 cm³/mol. The van der Waals surface area contributed by atoms with Gasteiger partial charge in [-0.2, -0.15) is 0 Å². The molecule has 0 aliphatic rings. The van der Waals surface area contributed by atoms with Gasteiger partial charge in [0.15, 0.2) is 0 Å². The number of alkyl halides is 1. The average Bonchev–Trinajstić information content (AvgIpc) is 1.61. The Balaban J connectivity index is 2.82. The summed E-state index contributed by atoms with van der Waals surface area (Å²) in [5.74, 6) is 0. The number of allylic oxidation sites excluding steroid dienone is 1. The SMILES string of the molecule is C=C(Cl)CCCI. The van der Waals surface area contributed by atoms with Crippen LogP contribution in [0.15, 0.2) is 11.6 Å². The fourth-order valence-electron chi connectivity index (χ4n) is 0.259. The van der Waals surface area contributed by atoms with Crippen molar-refractivity contribution in [3.63, 3.8) is 0 Å². The zero-order chi connectivity index (χ0) is 5.70. The minimum absolute atomic E-state index is 0.775. The lowest BCUT2D eigenvalue weighted by Crippen LogP contribution is -1.72. The van der Waals surface area contributed by atoms with Gasteiger partial charge in [0.2, 0.25) is 0 Å². The Labute approximate surface area is 63.1 Å². The van der Waals surface area contributed by atoms with E-state index in [4.69, 9.17) is 11.6 Å². The second-order valence-corrected chi connectivity index (χ2v) is 2.92. The molecule has 0 atom stereocenters. The highest BCUT2D eigenvalue weighted by atomic mass is 127. The molecule has 7 heavy (non-hydrogen) atoms. The van der Waals surface area contributed by atoms with Crippen molar-refractivity contribution in [3.05, 3.63) is 11.6 Å². The van der Waals surface area contributed by atoms with E-state index in [2.05, 4.69) is 29.2 Å². The standard InChI is InChI=1S/C5H8ClI/c1-5(6)3-2-4-7/h1-4H2. The van der Waals surface area contributed by atoms with Crippen molar-refractivity contribution >= 4 is 34.2 Å². The molecule has 0 amide bonds. The summed E-state index contributed by atoms with van der Waals surface area (Å²) >= 11 is 7.78. The monoisotopic (exact) mass is 230 g/mol. The molecule has 0 saturated carbocycles. The van der Waals surface area contributed by atoms with E-state index in [9.17, 15) is 0 Å². The summed E-state index contributed by atoms with van der Waals surface area (Å²) in [6.45, 7) is 3.55. The summed E-state index contributed by atoms with van der Waals surface area (Å²) < 4.78 is 1.17. The zero-order valence-corrected chi connectivity index (χ0v) is 7.00. The van der Waals surface area contributed by atoms with Crippen LogP contribution in [0.4, 0.5) is 0 Å².